The molecule has 1 saturated carbocycles. The van der Waals surface area contributed by atoms with Gasteiger partial charge in [-0.1, -0.05) is 0 Å². The van der Waals surface area contributed by atoms with Crippen LogP contribution in [0.3, 0.4) is 0 Å². The molecule has 19 heavy (non-hydrogen) atoms. The van der Waals surface area contributed by atoms with Gasteiger partial charge in [-0.2, -0.15) is 0 Å². The molecule has 0 atom stereocenters. The van der Waals surface area contributed by atoms with Crippen LogP contribution in [0.2, 0.25) is 0 Å². The number of rotatable bonds is 6. The molecule has 1 aliphatic carbocycles. The highest BCUT2D eigenvalue weighted by molar-refractivity contribution is 7.15. The number of aromatic nitrogens is 1. The Hall–Kier alpha value is -1.14. The first kappa shape index (κ1) is 14.3. The normalized spacial score (nSPS) is 21.8. The maximum Gasteiger partial charge on any atom is 0.358 e. The fourth-order valence-electron chi connectivity index (χ4n) is 2.08. The van der Waals surface area contributed by atoms with Gasteiger partial charge in [0, 0.05) is 17.5 Å². The number of thiazole rings is 1. The van der Waals surface area contributed by atoms with Crippen molar-refractivity contribution in [1.82, 2.24) is 4.98 Å². The van der Waals surface area contributed by atoms with E-state index < -0.39 is 0 Å². The Bertz CT molecular complexity index is 441. The number of carbonyl (C=O) groups excluding carboxylic acids is 1. The lowest BCUT2D eigenvalue weighted by Crippen LogP contribution is -2.40. The molecule has 0 spiro atoms. The zero-order valence-corrected chi connectivity index (χ0v) is 12.4. The lowest BCUT2D eigenvalue weighted by atomic mass is 9.89. The van der Waals surface area contributed by atoms with Gasteiger partial charge in [0.15, 0.2) is 10.8 Å². The zero-order chi connectivity index (χ0) is 13.8. The number of aryl methyl sites for hydroxylation is 1. The third kappa shape index (κ3) is 3.45. The van der Waals surface area contributed by atoms with Crippen LogP contribution in [0.4, 0.5) is 5.13 Å². The van der Waals surface area contributed by atoms with Gasteiger partial charge in [-0.15, -0.1) is 11.3 Å². The van der Waals surface area contributed by atoms with Gasteiger partial charge in [0.25, 0.3) is 0 Å². The van der Waals surface area contributed by atoms with Crippen LogP contribution in [-0.4, -0.2) is 36.3 Å². The van der Waals surface area contributed by atoms with Crippen molar-refractivity contribution in [2.45, 2.75) is 45.8 Å². The Morgan fingerprint density at radius 2 is 2.16 bits per heavy atom. The zero-order valence-electron chi connectivity index (χ0n) is 11.6. The predicted molar refractivity (Wildman–Crippen MR) is 74.9 cm³/mol. The molecule has 0 aliphatic heterocycles. The molecule has 0 amide bonds. The van der Waals surface area contributed by atoms with Crippen LogP contribution in [0.1, 0.15) is 42.1 Å². The summed E-state index contributed by atoms with van der Waals surface area (Å²) in [6.07, 6.45) is 2.37. The van der Waals surface area contributed by atoms with Crippen LogP contribution >= 0.6 is 11.3 Å². The topological polar surface area (TPSA) is 60.5 Å². The third-order valence-corrected chi connectivity index (χ3v) is 3.99. The number of hydrogen-bond acceptors (Lipinski definition) is 6. The largest absolute Gasteiger partial charge is 0.461 e. The third-order valence-electron chi connectivity index (χ3n) is 3.09. The highest BCUT2D eigenvalue weighted by Gasteiger charge is 2.30. The van der Waals surface area contributed by atoms with Crippen molar-refractivity contribution in [2.75, 3.05) is 18.5 Å². The van der Waals surface area contributed by atoms with E-state index in [2.05, 4.69) is 10.3 Å². The molecule has 1 heterocycles. The van der Waals surface area contributed by atoms with Crippen LogP contribution in [0.25, 0.3) is 0 Å². The van der Waals surface area contributed by atoms with Gasteiger partial charge < -0.3 is 14.8 Å². The second kappa shape index (κ2) is 6.34. The second-order valence-corrected chi connectivity index (χ2v) is 5.74. The van der Waals surface area contributed by atoms with Gasteiger partial charge in [0.1, 0.15) is 0 Å². The molecular formula is C13H20N2O3S. The maximum absolute atomic E-state index is 11.7. The second-order valence-electron chi connectivity index (χ2n) is 4.53. The summed E-state index contributed by atoms with van der Waals surface area (Å²) in [7, 11) is 0. The standard InChI is InChI=1S/C13H20N2O3S/c1-4-17-10-6-9(7-10)14-13-15-11(8(3)19-13)12(16)18-5-2/h9-10H,4-7H2,1-3H3,(H,14,15). The Kier molecular flexibility index (Phi) is 4.76. The first-order valence-corrected chi connectivity index (χ1v) is 7.48. The number of esters is 1. The van der Waals surface area contributed by atoms with Gasteiger partial charge in [0.05, 0.1) is 12.7 Å². The molecule has 106 valence electrons. The monoisotopic (exact) mass is 284 g/mol. The summed E-state index contributed by atoms with van der Waals surface area (Å²) >= 11 is 1.50. The Balaban J connectivity index is 1.89. The molecule has 0 aromatic carbocycles. The summed E-state index contributed by atoms with van der Waals surface area (Å²) in [5, 5.41) is 4.14. The molecule has 1 aliphatic rings. The lowest BCUT2D eigenvalue weighted by molar-refractivity contribution is 0.00297. The molecule has 6 heteroatoms. The number of ether oxygens (including phenoxy) is 2. The summed E-state index contributed by atoms with van der Waals surface area (Å²) in [4.78, 5) is 16.9. The summed E-state index contributed by atoms with van der Waals surface area (Å²) in [5.41, 5.74) is 0.426. The number of nitrogens with one attached hydrogen (secondary N) is 1. The molecule has 1 aromatic rings. The van der Waals surface area contributed by atoms with Gasteiger partial charge in [-0.25, -0.2) is 9.78 Å². The molecule has 0 radical (unpaired) electrons. The Morgan fingerprint density at radius 1 is 1.42 bits per heavy atom. The van der Waals surface area contributed by atoms with E-state index in [1.807, 2.05) is 13.8 Å². The Morgan fingerprint density at radius 3 is 2.79 bits per heavy atom. The van der Waals surface area contributed by atoms with Crippen molar-refractivity contribution < 1.29 is 14.3 Å². The summed E-state index contributed by atoms with van der Waals surface area (Å²) in [6, 6.07) is 0.400. The van der Waals surface area contributed by atoms with Gasteiger partial charge in [-0.3, -0.25) is 0 Å². The molecule has 0 unspecified atom stereocenters. The van der Waals surface area contributed by atoms with Crippen molar-refractivity contribution >= 4 is 22.4 Å². The SMILES string of the molecule is CCOC(=O)c1nc(NC2CC(OCC)C2)sc1C. The van der Waals surface area contributed by atoms with E-state index in [1.54, 1.807) is 6.92 Å². The summed E-state index contributed by atoms with van der Waals surface area (Å²) in [6.45, 7) is 6.83. The molecule has 0 bridgehead atoms. The van der Waals surface area contributed by atoms with Crippen LogP contribution in [-0.2, 0) is 9.47 Å². The van der Waals surface area contributed by atoms with Crippen LogP contribution in [0, 0.1) is 6.92 Å². The number of nitrogens with zero attached hydrogens (tertiary/aromatic N) is 1. The van der Waals surface area contributed by atoms with Gasteiger partial charge in [-0.05, 0) is 33.6 Å². The van der Waals surface area contributed by atoms with E-state index in [1.165, 1.54) is 11.3 Å². The lowest BCUT2D eigenvalue weighted by Gasteiger charge is -2.35. The van der Waals surface area contributed by atoms with Crippen molar-refractivity contribution in [3.05, 3.63) is 10.6 Å². The number of anilines is 1. The molecule has 5 nitrogen and oxygen atoms in total. The van der Waals surface area contributed by atoms with E-state index >= 15 is 0 Å². The van der Waals surface area contributed by atoms with Gasteiger partial charge in [0.2, 0.25) is 0 Å². The molecular weight excluding hydrogens is 264 g/mol. The minimum atomic E-state index is -0.342. The predicted octanol–water partition coefficient (Wildman–Crippen LogP) is 2.61. The van der Waals surface area contributed by atoms with Crippen molar-refractivity contribution in [3.63, 3.8) is 0 Å². The van der Waals surface area contributed by atoms with E-state index in [4.69, 9.17) is 9.47 Å². The average molecular weight is 284 g/mol. The fraction of sp³-hybridized carbons (Fsp3) is 0.692. The average Bonchev–Trinajstić information content (AvgIpc) is 2.68. The highest BCUT2D eigenvalue weighted by Crippen LogP contribution is 2.30. The quantitative estimate of drug-likeness (QED) is 0.814. The maximum atomic E-state index is 11.7. The molecule has 1 fully saturated rings. The van der Waals surface area contributed by atoms with Crippen LogP contribution in [0.5, 0.6) is 0 Å². The molecule has 2 rings (SSSR count). The minimum absolute atomic E-state index is 0.342. The fourth-order valence-corrected chi connectivity index (χ4v) is 2.96. The molecule has 1 aromatic heterocycles. The molecule has 1 N–H and O–H groups in total. The first-order chi connectivity index (χ1) is 9.13. The van der Waals surface area contributed by atoms with E-state index in [0.717, 1.165) is 29.5 Å². The van der Waals surface area contributed by atoms with Crippen LogP contribution in [0.15, 0.2) is 0 Å². The van der Waals surface area contributed by atoms with Gasteiger partial charge >= 0.3 is 5.97 Å². The van der Waals surface area contributed by atoms with E-state index in [0.29, 0.717) is 24.4 Å². The summed E-state index contributed by atoms with van der Waals surface area (Å²) in [5.74, 6) is -0.342. The molecule has 0 saturated heterocycles. The van der Waals surface area contributed by atoms with E-state index in [9.17, 15) is 4.79 Å². The van der Waals surface area contributed by atoms with Crippen LogP contribution < -0.4 is 5.32 Å². The summed E-state index contributed by atoms with van der Waals surface area (Å²) < 4.78 is 10.5. The number of carbonyl (C=O) groups is 1. The smallest absolute Gasteiger partial charge is 0.358 e. The van der Waals surface area contributed by atoms with Crippen molar-refractivity contribution in [3.8, 4) is 0 Å². The number of hydrogen-bond donors (Lipinski definition) is 1. The first-order valence-electron chi connectivity index (χ1n) is 6.66. The highest BCUT2D eigenvalue weighted by atomic mass is 32.1. The van der Waals surface area contributed by atoms with Crippen molar-refractivity contribution in [1.29, 1.82) is 0 Å². The Labute approximate surface area is 117 Å². The minimum Gasteiger partial charge on any atom is -0.461 e. The van der Waals surface area contributed by atoms with Crippen molar-refractivity contribution in [2.24, 2.45) is 0 Å². The van der Waals surface area contributed by atoms with E-state index in [-0.39, 0.29) is 5.97 Å².